The molecule has 1 N–H and O–H groups in total. The molecular weight excluding hydrogens is 280 g/mol. The molecule has 0 saturated carbocycles. The Hall–Kier alpha value is -2.20. The van der Waals surface area contributed by atoms with Crippen molar-refractivity contribution < 1.29 is 19.4 Å². The van der Waals surface area contributed by atoms with E-state index in [0.29, 0.717) is 11.5 Å². The highest BCUT2D eigenvalue weighted by atomic mass is 35.5. The van der Waals surface area contributed by atoms with Gasteiger partial charge in [-0.2, -0.15) is 0 Å². The van der Waals surface area contributed by atoms with Crippen LogP contribution in [0.5, 0.6) is 11.5 Å². The molecule has 2 aromatic carbocycles. The zero-order valence-corrected chi connectivity index (χ0v) is 11.6. The molecule has 0 radical (unpaired) electrons. The fourth-order valence-electron chi connectivity index (χ4n) is 1.68. The van der Waals surface area contributed by atoms with E-state index < -0.39 is 5.97 Å². The van der Waals surface area contributed by atoms with Crippen LogP contribution >= 0.6 is 11.6 Å². The Balaban J connectivity index is 2.10. The third kappa shape index (κ3) is 3.42. The number of carboxylic acids is 1. The second-order valence-electron chi connectivity index (χ2n) is 4.09. The van der Waals surface area contributed by atoms with Gasteiger partial charge in [0.05, 0.1) is 17.7 Å². The first kappa shape index (κ1) is 14.2. The van der Waals surface area contributed by atoms with E-state index in [0.717, 1.165) is 5.56 Å². The monoisotopic (exact) mass is 292 g/mol. The quantitative estimate of drug-likeness (QED) is 0.914. The molecule has 0 bridgehead atoms. The van der Waals surface area contributed by atoms with Gasteiger partial charge in [-0.05, 0) is 29.8 Å². The van der Waals surface area contributed by atoms with Crippen LogP contribution in [0.25, 0.3) is 0 Å². The maximum Gasteiger partial charge on any atom is 0.337 e. The summed E-state index contributed by atoms with van der Waals surface area (Å²) in [5.74, 6) is 0.291. The molecule has 0 atom stereocenters. The molecule has 0 unspecified atom stereocenters. The summed E-state index contributed by atoms with van der Waals surface area (Å²) in [4.78, 5) is 11.0. The van der Waals surface area contributed by atoms with E-state index in [9.17, 15) is 4.79 Å². The van der Waals surface area contributed by atoms with Crippen LogP contribution in [-0.4, -0.2) is 18.2 Å². The topological polar surface area (TPSA) is 55.8 Å². The zero-order valence-electron chi connectivity index (χ0n) is 10.8. The van der Waals surface area contributed by atoms with Crippen molar-refractivity contribution in [2.24, 2.45) is 0 Å². The zero-order chi connectivity index (χ0) is 14.5. The summed E-state index contributed by atoms with van der Waals surface area (Å²) in [6.45, 7) is 0.255. The SMILES string of the molecule is COc1cccc(OCc2ccc(Cl)c(C(=O)O)c2)c1. The van der Waals surface area contributed by atoms with Crippen molar-refractivity contribution in [2.45, 2.75) is 6.61 Å². The van der Waals surface area contributed by atoms with Crippen LogP contribution in [0.15, 0.2) is 42.5 Å². The van der Waals surface area contributed by atoms with Crippen LogP contribution in [0, 0.1) is 0 Å². The third-order valence-electron chi connectivity index (χ3n) is 2.71. The Labute approximate surface area is 121 Å². The van der Waals surface area contributed by atoms with Crippen molar-refractivity contribution in [3.8, 4) is 11.5 Å². The van der Waals surface area contributed by atoms with Gasteiger partial charge in [-0.25, -0.2) is 4.79 Å². The Kier molecular flexibility index (Phi) is 4.48. The summed E-state index contributed by atoms with van der Waals surface area (Å²) >= 11 is 5.81. The molecule has 0 amide bonds. The number of hydrogen-bond acceptors (Lipinski definition) is 3. The van der Waals surface area contributed by atoms with Crippen molar-refractivity contribution in [1.29, 1.82) is 0 Å². The second kappa shape index (κ2) is 6.30. The molecule has 0 spiro atoms. The molecule has 4 nitrogen and oxygen atoms in total. The number of benzene rings is 2. The van der Waals surface area contributed by atoms with Crippen LogP contribution in [-0.2, 0) is 6.61 Å². The average molecular weight is 293 g/mol. The van der Waals surface area contributed by atoms with E-state index in [4.69, 9.17) is 26.2 Å². The van der Waals surface area contributed by atoms with Gasteiger partial charge < -0.3 is 14.6 Å². The van der Waals surface area contributed by atoms with E-state index in [1.54, 1.807) is 31.4 Å². The number of methoxy groups -OCH3 is 1. The first-order chi connectivity index (χ1) is 9.60. The van der Waals surface area contributed by atoms with Gasteiger partial charge in [-0.1, -0.05) is 23.7 Å². The summed E-state index contributed by atoms with van der Waals surface area (Å²) in [5.41, 5.74) is 0.799. The standard InChI is InChI=1S/C15H13ClO4/c1-19-11-3-2-4-12(8-11)20-9-10-5-6-14(16)13(7-10)15(17)18/h2-8H,9H2,1H3,(H,17,18). The number of halogens is 1. The van der Waals surface area contributed by atoms with Gasteiger partial charge in [0.15, 0.2) is 0 Å². The van der Waals surface area contributed by atoms with Crippen LogP contribution in [0.3, 0.4) is 0 Å². The normalized spacial score (nSPS) is 10.1. The van der Waals surface area contributed by atoms with Crippen molar-refractivity contribution in [1.82, 2.24) is 0 Å². The van der Waals surface area contributed by atoms with Gasteiger partial charge in [0.2, 0.25) is 0 Å². The molecule has 0 fully saturated rings. The fourth-order valence-corrected chi connectivity index (χ4v) is 1.88. The third-order valence-corrected chi connectivity index (χ3v) is 3.04. The Bertz CT molecular complexity index is 625. The van der Waals surface area contributed by atoms with E-state index in [-0.39, 0.29) is 17.2 Å². The van der Waals surface area contributed by atoms with Crippen molar-refractivity contribution in [3.05, 3.63) is 58.6 Å². The molecule has 0 saturated heterocycles. The lowest BCUT2D eigenvalue weighted by Gasteiger charge is -2.09. The number of hydrogen-bond donors (Lipinski definition) is 1. The van der Waals surface area contributed by atoms with Gasteiger partial charge in [-0.3, -0.25) is 0 Å². The van der Waals surface area contributed by atoms with Gasteiger partial charge in [0, 0.05) is 6.07 Å². The first-order valence-electron chi connectivity index (χ1n) is 5.88. The minimum absolute atomic E-state index is 0.0680. The summed E-state index contributed by atoms with van der Waals surface area (Å²) in [6.07, 6.45) is 0. The van der Waals surface area contributed by atoms with Gasteiger partial charge in [-0.15, -0.1) is 0 Å². The molecular formula is C15H13ClO4. The summed E-state index contributed by atoms with van der Waals surface area (Å²) in [5, 5.41) is 9.21. The lowest BCUT2D eigenvalue weighted by Crippen LogP contribution is -2.01. The summed E-state index contributed by atoms with van der Waals surface area (Å²) in [6, 6.07) is 12.0. The maximum absolute atomic E-state index is 11.0. The maximum atomic E-state index is 11.0. The predicted molar refractivity (Wildman–Crippen MR) is 75.7 cm³/mol. The Morgan fingerprint density at radius 2 is 1.95 bits per heavy atom. The van der Waals surface area contributed by atoms with Crippen LogP contribution in [0.1, 0.15) is 15.9 Å². The lowest BCUT2D eigenvalue weighted by molar-refractivity contribution is 0.0697. The largest absolute Gasteiger partial charge is 0.497 e. The molecule has 2 aromatic rings. The minimum atomic E-state index is -1.06. The first-order valence-corrected chi connectivity index (χ1v) is 6.26. The number of carbonyl (C=O) groups is 1. The molecule has 0 aliphatic carbocycles. The molecule has 5 heteroatoms. The van der Waals surface area contributed by atoms with Crippen molar-refractivity contribution >= 4 is 17.6 Å². The van der Waals surface area contributed by atoms with Crippen LogP contribution in [0.4, 0.5) is 0 Å². The Morgan fingerprint density at radius 3 is 2.65 bits per heavy atom. The number of rotatable bonds is 5. The summed E-state index contributed by atoms with van der Waals surface area (Å²) < 4.78 is 10.7. The lowest BCUT2D eigenvalue weighted by atomic mass is 10.1. The van der Waals surface area contributed by atoms with Gasteiger partial charge in [0.25, 0.3) is 0 Å². The van der Waals surface area contributed by atoms with Crippen LogP contribution < -0.4 is 9.47 Å². The number of ether oxygens (including phenoxy) is 2. The second-order valence-corrected chi connectivity index (χ2v) is 4.49. The van der Waals surface area contributed by atoms with Crippen molar-refractivity contribution in [2.75, 3.05) is 7.11 Å². The van der Waals surface area contributed by atoms with E-state index in [1.807, 2.05) is 12.1 Å². The van der Waals surface area contributed by atoms with Crippen molar-refractivity contribution in [3.63, 3.8) is 0 Å². The molecule has 104 valence electrons. The van der Waals surface area contributed by atoms with E-state index in [2.05, 4.69) is 0 Å². The fraction of sp³-hybridized carbons (Fsp3) is 0.133. The van der Waals surface area contributed by atoms with Crippen LogP contribution in [0.2, 0.25) is 5.02 Å². The van der Waals surface area contributed by atoms with E-state index in [1.165, 1.54) is 6.07 Å². The molecule has 20 heavy (non-hydrogen) atoms. The molecule has 0 aromatic heterocycles. The van der Waals surface area contributed by atoms with Gasteiger partial charge >= 0.3 is 5.97 Å². The Morgan fingerprint density at radius 1 is 1.20 bits per heavy atom. The van der Waals surface area contributed by atoms with Gasteiger partial charge in [0.1, 0.15) is 18.1 Å². The van der Waals surface area contributed by atoms with E-state index >= 15 is 0 Å². The highest BCUT2D eigenvalue weighted by Crippen LogP contribution is 2.22. The predicted octanol–water partition coefficient (Wildman–Crippen LogP) is 3.63. The minimum Gasteiger partial charge on any atom is -0.497 e. The average Bonchev–Trinajstić information content (AvgIpc) is 2.46. The molecule has 0 heterocycles. The number of carboxylic acid groups (broad SMARTS) is 1. The highest BCUT2D eigenvalue weighted by molar-refractivity contribution is 6.33. The highest BCUT2D eigenvalue weighted by Gasteiger charge is 2.09. The molecule has 2 rings (SSSR count). The molecule has 0 aliphatic rings. The molecule has 0 aliphatic heterocycles. The number of aromatic carboxylic acids is 1. The summed E-state index contributed by atoms with van der Waals surface area (Å²) in [7, 11) is 1.58. The smallest absolute Gasteiger partial charge is 0.337 e.